The van der Waals surface area contributed by atoms with Gasteiger partial charge in [0.05, 0.1) is 12.2 Å². The number of aromatic nitrogens is 2. The number of carbonyl (C=O) groups is 1. The molecule has 1 heterocycles. The summed E-state index contributed by atoms with van der Waals surface area (Å²) in [7, 11) is 1.88. The van der Waals surface area contributed by atoms with Crippen LogP contribution < -0.4 is 5.32 Å². The van der Waals surface area contributed by atoms with Crippen LogP contribution >= 0.6 is 0 Å². The average Bonchev–Trinajstić information content (AvgIpc) is 3.23. The molecule has 6 heteroatoms. The normalized spacial score (nSPS) is 14.2. The Balaban J connectivity index is 1.65. The van der Waals surface area contributed by atoms with Gasteiger partial charge in [0, 0.05) is 24.2 Å². The first kappa shape index (κ1) is 13.7. The lowest BCUT2D eigenvalue weighted by atomic mass is 10.2. The van der Waals surface area contributed by atoms with Crippen molar-refractivity contribution in [1.29, 1.82) is 0 Å². The van der Waals surface area contributed by atoms with Gasteiger partial charge in [-0.3, -0.25) is 9.48 Å². The minimum atomic E-state index is -1.03. The standard InChI is InChI=1S/C15H15F2N3O/c1-20-14(9-2-3-9)7-11(19-20)8-18-15(21)10-4-5-12(16)13(17)6-10/h4-7,9H,2-3,8H2,1H3,(H,18,21). The Bertz CT molecular complexity index is 692. The number of carbonyl (C=O) groups excluding carboxylic acids is 1. The molecule has 1 N–H and O–H groups in total. The fourth-order valence-corrected chi connectivity index (χ4v) is 2.30. The van der Waals surface area contributed by atoms with Crippen LogP contribution in [-0.4, -0.2) is 15.7 Å². The van der Waals surface area contributed by atoms with Gasteiger partial charge in [0.15, 0.2) is 11.6 Å². The lowest BCUT2D eigenvalue weighted by Gasteiger charge is -2.03. The molecule has 3 rings (SSSR count). The zero-order chi connectivity index (χ0) is 15.0. The van der Waals surface area contributed by atoms with Crippen LogP contribution in [0.15, 0.2) is 24.3 Å². The zero-order valence-electron chi connectivity index (χ0n) is 11.6. The lowest BCUT2D eigenvalue weighted by Crippen LogP contribution is -2.23. The van der Waals surface area contributed by atoms with Crippen LogP contribution in [-0.2, 0) is 13.6 Å². The summed E-state index contributed by atoms with van der Waals surface area (Å²) >= 11 is 0. The van der Waals surface area contributed by atoms with E-state index in [1.807, 2.05) is 17.8 Å². The molecule has 0 radical (unpaired) electrons. The lowest BCUT2D eigenvalue weighted by molar-refractivity contribution is 0.0950. The fraction of sp³-hybridized carbons (Fsp3) is 0.333. The minimum absolute atomic E-state index is 0.0900. The van der Waals surface area contributed by atoms with Crippen molar-refractivity contribution in [2.45, 2.75) is 25.3 Å². The number of halogens is 2. The second-order valence-corrected chi connectivity index (χ2v) is 5.27. The Morgan fingerprint density at radius 1 is 1.33 bits per heavy atom. The molecule has 4 nitrogen and oxygen atoms in total. The number of hydrogen-bond donors (Lipinski definition) is 1. The molecule has 21 heavy (non-hydrogen) atoms. The number of aryl methyl sites for hydroxylation is 1. The largest absolute Gasteiger partial charge is 0.346 e. The monoisotopic (exact) mass is 291 g/mol. The van der Waals surface area contributed by atoms with Gasteiger partial charge in [-0.15, -0.1) is 0 Å². The van der Waals surface area contributed by atoms with Crippen LogP contribution in [0.3, 0.4) is 0 Å². The van der Waals surface area contributed by atoms with Gasteiger partial charge in [-0.1, -0.05) is 0 Å². The van der Waals surface area contributed by atoms with Crippen LogP contribution in [0.4, 0.5) is 8.78 Å². The van der Waals surface area contributed by atoms with E-state index in [2.05, 4.69) is 10.4 Å². The molecule has 0 bridgehead atoms. The summed E-state index contributed by atoms with van der Waals surface area (Å²) in [6.45, 7) is 0.262. The van der Waals surface area contributed by atoms with Crippen molar-refractivity contribution in [1.82, 2.24) is 15.1 Å². The summed E-state index contributed by atoms with van der Waals surface area (Å²) in [6, 6.07) is 5.06. The van der Waals surface area contributed by atoms with Gasteiger partial charge >= 0.3 is 0 Å². The Hall–Kier alpha value is -2.24. The highest BCUT2D eigenvalue weighted by molar-refractivity contribution is 5.94. The Kier molecular flexibility index (Phi) is 3.45. The van der Waals surface area contributed by atoms with Crippen LogP contribution in [0.2, 0.25) is 0 Å². The predicted molar refractivity (Wildman–Crippen MR) is 72.7 cm³/mol. The van der Waals surface area contributed by atoms with E-state index in [1.165, 1.54) is 24.6 Å². The first-order valence-electron chi connectivity index (χ1n) is 6.80. The van der Waals surface area contributed by atoms with Crippen LogP contribution in [0.5, 0.6) is 0 Å². The highest BCUT2D eigenvalue weighted by Gasteiger charge is 2.27. The van der Waals surface area contributed by atoms with Crippen LogP contribution in [0, 0.1) is 11.6 Å². The zero-order valence-corrected chi connectivity index (χ0v) is 11.6. The van der Waals surface area contributed by atoms with E-state index in [0.29, 0.717) is 5.92 Å². The quantitative estimate of drug-likeness (QED) is 0.941. The highest BCUT2D eigenvalue weighted by atomic mass is 19.2. The van der Waals surface area contributed by atoms with E-state index in [1.54, 1.807) is 0 Å². The molecule has 0 atom stereocenters. The van der Waals surface area contributed by atoms with Crippen molar-refractivity contribution in [2.75, 3.05) is 0 Å². The van der Waals surface area contributed by atoms with E-state index in [0.717, 1.165) is 17.8 Å². The van der Waals surface area contributed by atoms with E-state index in [4.69, 9.17) is 0 Å². The first-order chi connectivity index (χ1) is 10.0. The molecule has 0 spiro atoms. The van der Waals surface area contributed by atoms with Gasteiger partial charge in [-0.25, -0.2) is 8.78 Å². The maximum absolute atomic E-state index is 13.1. The molecule has 1 aliphatic carbocycles. The number of rotatable bonds is 4. The number of benzene rings is 1. The second kappa shape index (κ2) is 5.27. The number of hydrogen-bond acceptors (Lipinski definition) is 2. The molecule has 110 valence electrons. The molecule has 1 saturated carbocycles. The van der Waals surface area contributed by atoms with Crippen molar-refractivity contribution in [3.8, 4) is 0 Å². The smallest absolute Gasteiger partial charge is 0.251 e. The third kappa shape index (κ3) is 2.94. The molecule has 1 aromatic heterocycles. The minimum Gasteiger partial charge on any atom is -0.346 e. The topological polar surface area (TPSA) is 46.9 Å². The Morgan fingerprint density at radius 3 is 2.76 bits per heavy atom. The van der Waals surface area contributed by atoms with E-state index in [-0.39, 0.29) is 12.1 Å². The second-order valence-electron chi connectivity index (χ2n) is 5.27. The highest BCUT2D eigenvalue weighted by Crippen LogP contribution is 2.39. The molecule has 1 aromatic carbocycles. The third-order valence-corrected chi connectivity index (χ3v) is 3.57. The Labute approximate surface area is 120 Å². The summed E-state index contributed by atoms with van der Waals surface area (Å²) in [5.41, 5.74) is 2.02. The van der Waals surface area contributed by atoms with Gasteiger partial charge in [0.2, 0.25) is 0 Å². The van der Waals surface area contributed by atoms with Gasteiger partial charge in [0.25, 0.3) is 5.91 Å². The van der Waals surface area contributed by atoms with E-state index >= 15 is 0 Å². The van der Waals surface area contributed by atoms with E-state index in [9.17, 15) is 13.6 Å². The average molecular weight is 291 g/mol. The van der Waals surface area contributed by atoms with Crippen molar-refractivity contribution >= 4 is 5.91 Å². The fourth-order valence-electron chi connectivity index (χ4n) is 2.30. The number of nitrogens with one attached hydrogen (secondary N) is 1. The van der Waals surface area contributed by atoms with Crippen LogP contribution in [0.25, 0.3) is 0 Å². The van der Waals surface area contributed by atoms with Gasteiger partial charge in [-0.2, -0.15) is 5.10 Å². The SMILES string of the molecule is Cn1nc(CNC(=O)c2ccc(F)c(F)c2)cc1C1CC1. The van der Waals surface area contributed by atoms with E-state index < -0.39 is 17.5 Å². The summed E-state index contributed by atoms with van der Waals surface area (Å²) in [4.78, 5) is 11.9. The predicted octanol–water partition coefficient (Wildman–Crippen LogP) is 2.51. The van der Waals surface area contributed by atoms with Gasteiger partial charge in [0.1, 0.15) is 0 Å². The molecule has 0 aliphatic heterocycles. The van der Waals surface area contributed by atoms with Crippen molar-refractivity contribution in [2.24, 2.45) is 7.05 Å². The summed E-state index contributed by atoms with van der Waals surface area (Å²) in [5, 5.41) is 6.99. The van der Waals surface area contributed by atoms with Crippen molar-refractivity contribution in [3.05, 3.63) is 52.9 Å². The van der Waals surface area contributed by atoms with Crippen LogP contribution in [0.1, 0.15) is 40.5 Å². The molecular weight excluding hydrogens is 276 g/mol. The molecule has 0 saturated heterocycles. The third-order valence-electron chi connectivity index (χ3n) is 3.57. The molecule has 2 aromatic rings. The molecule has 0 unspecified atom stereocenters. The molecular formula is C15H15F2N3O. The summed E-state index contributed by atoms with van der Waals surface area (Å²) in [5.74, 6) is -1.87. The molecule has 1 amide bonds. The Morgan fingerprint density at radius 2 is 2.10 bits per heavy atom. The summed E-state index contributed by atoms with van der Waals surface area (Å²) < 4.78 is 27.7. The maximum atomic E-state index is 13.1. The summed E-state index contributed by atoms with van der Waals surface area (Å²) in [6.07, 6.45) is 2.36. The maximum Gasteiger partial charge on any atom is 0.251 e. The van der Waals surface area contributed by atoms with Gasteiger partial charge < -0.3 is 5.32 Å². The van der Waals surface area contributed by atoms with Crippen molar-refractivity contribution in [3.63, 3.8) is 0 Å². The molecule has 1 fully saturated rings. The first-order valence-corrected chi connectivity index (χ1v) is 6.80. The number of amides is 1. The van der Waals surface area contributed by atoms with Gasteiger partial charge in [-0.05, 0) is 37.1 Å². The van der Waals surface area contributed by atoms with Crippen molar-refractivity contribution < 1.29 is 13.6 Å². The molecule has 1 aliphatic rings. The number of nitrogens with zero attached hydrogens (tertiary/aromatic N) is 2.